The fourth-order valence-electron chi connectivity index (χ4n) is 4.73. The summed E-state index contributed by atoms with van der Waals surface area (Å²) in [4.78, 5) is 15.1. The van der Waals surface area contributed by atoms with Gasteiger partial charge in [-0.1, -0.05) is 24.5 Å². The van der Waals surface area contributed by atoms with Crippen molar-refractivity contribution in [2.24, 2.45) is 0 Å². The number of aryl methyl sites for hydroxylation is 2. The number of nitrogens with zero attached hydrogens (tertiary/aromatic N) is 2. The molecule has 1 aliphatic heterocycles. The van der Waals surface area contributed by atoms with E-state index >= 15 is 0 Å². The SMILES string of the molecule is Cc1ccc2c(c1)c1c(n2C[C@H](O)CN2CCCCCC2)C(=O)CCC1. The zero-order chi connectivity index (χ0) is 18.1. The molecule has 1 aromatic carbocycles. The number of carbonyl (C=O) groups is 1. The monoisotopic (exact) mass is 354 g/mol. The maximum atomic E-state index is 12.7. The summed E-state index contributed by atoms with van der Waals surface area (Å²) in [6.45, 7) is 5.48. The van der Waals surface area contributed by atoms with Gasteiger partial charge in [0, 0.05) is 23.9 Å². The number of ketones is 1. The third kappa shape index (κ3) is 3.45. The van der Waals surface area contributed by atoms with Gasteiger partial charge in [-0.3, -0.25) is 4.79 Å². The number of Topliss-reactive ketones (excluding diaryl/α,β-unsaturated/α-hetero) is 1. The van der Waals surface area contributed by atoms with Crippen LogP contribution in [0.3, 0.4) is 0 Å². The number of likely N-dealkylation sites (tertiary alicyclic amines) is 1. The van der Waals surface area contributed by atoms with E-state index in [2.05, 4.69) is 34.6 Å². The Hall–Kier alpha value is -1.65. The standard InChI is InChI=1S/C22H30N2O2/c1-16-9-10-20-19(13-16)18-7-6-8-21(26)22(18)24(20)15-17(25)14-23-11-4-2-3-5-12-23/h9-10,13,17,25H,2-8,11-12,14-15H2,1H3/t17-/m1/s1. The van der Waals surface area contributed by atoms with Crippen LogP contribution in [0.2, 0.25) is 0 Å². The first kappa shape index (κ1) is 17.7. The lowest BCUT2D eigenvalue weighted by atomic mass is 9.94. The Kier molecular flexibility index (Phi) is 5.14. The molecule has 1 aliphatic carbocycles. The molecule has 26 heavy (non-hydrogen) atoms. The van der Waals surface area contributed by atoms with Crippen molar-refractivity contribution in [1.82, 2.24) is 9.47 Å². The van der Waals surface area contributed by atoms with E-state index in [1.807, 2.05) is 0 Å². The first-order valence-corrected chi connectivity index (χ1v) is 10.2. The maximum absolute atomic E-state index is 12.7. The largest absolute Gasteiger partial charge is 0.390 e. The van der Waals surface area contributed by atoms with Crippen LogP contribution >= 0.6 is 0 Å². The molecule has 2 aliphatic rings. The molecule has 0 bridgehead atoms. The number of rotatable bonds is 4. The van der Waals surface area contributed by atoms with E-state index in [0.717, 1.165) is 37.1 Å². The predicted molar refractivity (Wildman–Crippen MR) is 105 cm³/mol. The number of hydrogen-bond donors (Lipinski definition) is 1. The van der Waals surface area contributed by atoms with Gasteiger partial charge in [0.1, 0.15) is 0 Å². The van der Waals surface area contributed by atoms with Crippen LogP contribution in [0.5, 0.6) is 0 Å². The van der Waals surface area contributed by atoms with Crippen molar-refractivity contribution in [2.45, 2.75) is 64.5 Å². The molecular formula is C22H30N2O2. The molecule has 140 valence electrons. The van der Waals surface area contributed by atoms with Crippen LogP contribution in [-0.2, 0) is 13.0 Å². The van der Waals surface area contributed by atoms with Crippen LogP contribution in [0, 0.1) is 6.92 Å². The molecule has 4 nitrogen and oxygen atoms in total. The number of benzene rings is 1. The highest BCUT2D eigenvalue weighted by molar-refractivity contribution is 6.04. The molecule has 0 amide bonds. The fraction of sp³-hybridized carbons (Fsp3) is 0.591. The van der Waals surface area contributed by atoms with Gasteiger partial charge in [0.25, 0.3) is 0 Å². The van der Waals surface area contributed by atoms with Crippen molar-refractivity contribution in [3.63, 3.8) is 0 Å². The quantitative estimate of drug-likeness (QED) is 0.910. The molecule has 4 rings (SSSR count). The highest BCUT2D eigenvalue weighted by atomic mass is 16.3. The lowest BCUT2D eigenvalue weighted by Crippen LogP contribution is -2.36. The van der Waals surface area contributed by atoms with E-state index in [-0.39, 0.29) is 5.78 Å². The number of carbonyl (C=O) groups excluding carboxylic acids is 1. The Bertz CT molecular complexity index is 800. The summed E-state index contributed by atoms with van der Waals surface area (Å²) >= 11 is 0. The molecule has 0 radical (unpaired) electrons. The van der Waals surface area contributed by atoms with E-state index < -0.39 is 6.10 Å². The number of β-amino-alcohol motifs (C(OH)–C–C–N with tert-alkyl or cyclic N) is 1. The minimum atomic E-state index is -0.441. The molecule has 1 saturated heterocycles. The van der Waals surface area contributed by atoms with Crippen LogP contribution in [0.1, 0.15) is 60.1 Å². The van der Waals surface area contributed by atoms with Crippen molar-refractivity contribution in [3.05, 3.63) is 35.0 Å². The maximum Gasteiger partial charge on any atom is 0.179 e. The Balaban J connectivity index is 1.63. The van der Waals surface area contributed by atoms with Gasteiger partial charge in [-0.25, -0.2) is 0 Å². The summed E-state index contributed by atoms with van der Waals surface area (Å²) in [6.07, 6.45) is 7.16. The first-order valence-electron chi connectivity index (χ1n) is 10.2. The minimum absolute atomic E-state index is 0.238. The third-order valence-corrected chi connectivity index (χ3v) is 5.98. The second kappa shape index (κ2) is 7.53. The topological polar surface area (TPSA) is 45.5 Å². The molecule has 4 heteroatoms. The van der Waals surface area contributed by atoms with Crippen LogP contribution in [-0.4, -0.2) is 46.1 Å². The third-order valence-electron chi connectivity index (χ3n) is 5.98. The summed E-state index contributed by atoms with van der Waals surface area (Å²) in [7, 11) is 0. The summed E-state index contributed by atoms with van der Waals surface area (Å²) in [5.41, 5.74) is 4.38. The molecule has 1 fully saturated rings. The molecule has 1 aromatic heterocycles. The number of aromatic nitrogens is 1. The molecule has 2 aromatic rings. The van der Waals surface area contributed by atoms with E-state index in [1.165, 1.54) is 42.2 Å². The van der Waals surface area contributed by atoms with Crippen LogP contribution in [0.4, 0.5) is 0 Å². The van der Waals surface area contributed by atoms with E-state index in [0.29, 0.717) is 19.5 Å². The van der Waals surface area contributed by atoms with Gasteiger partial charge in [0.05, 0.1) is 18.3 Å². The Morgan fingerprint density at radius 1 is 1.04 bits per heavy atom. The summed E-state index contributed by atoms with van der Waals surface area (Å²) in [6, 6.07) is 6.43. The van der Waals surface area contributed by atoms with Crippen molar-refractivity contribution >= 4 is 16.7 Å². The molecule has 1 N–H and O–H groups in total. The molecule has 0 unspecified atom stereocenters. The number of aliphatic hydroxyl groups is 1. The highest BCUT2D eigenvalue weighted by Crippen LogP contribution is 2.33. The average molecular weight is 354 g/mol. The predicted octanol–water partition coefficient (Wildman–Crippen LogP) is 3.71. The zero-order valence-corrected chi connectivity index (χ0v) is 15.8. The summed E-state index contributed by atoms with van der Waals surface area (Å²) in [5.74, 6) is 0.238. The average Bonchev–Trinajstić information content (AvgIpc) is 2.76. The first-order chi connectivity index (χ1) is 12.6. The van der Waals surface area contributed by atoms with Gasteiger partial charge in [0.2, 0.25) is 0 Å². The number of aliphatic hydroxyl groups excluding tert-OH is 1. The fourth-order valence-corrected chi connectivity index (χ4v) is 4.73. The van der Waals surface area contributed by atoms with Crippen molar-refractivity contribution in [2.75, 3.05) is 19.6 Å². The van der Waals surface area contributed by atoms with Gasteiger partial charge in [-0.2, -0.15) is 0 Å². The summed E-state index contributed by atoms with van der Waals surface area (Å²) < 4.78 is 2.11. The lowest BCUT2D eigenvalue weighted by Gasteiger charge is -2.24. The van der Waals surface area contributed by atoms with Gasteiger partial charge in [-0.05, 0) is 63.4 Å². The smallest absolute Gasteiger partial charge is 0.179 e. The normalized spacial score (nSPS) is 20.2. The molecule has 0 saturated carbocycles. The highest BCUT2D eigenvalue weighted by Gasteiger charge is 2.27. The zero-order valence-electron chi connectivity index (χ0n) is 15.8. The number of hydrogen-bond acceptors (Lipinski definition) is 3. The van der Waals surface area contributed by atoms with E-state index in [4.69, 9.17) is 0 Å². The van der Waals surface area contributed by atoms with Crippen LogP contribution in [0.25, 0.3) is 10.9 Å². The van der Waals surface area contributed by atoms with Gasteiger partial charge in [-0.15, -0.1) is 0 Å². The Morgan fingerprint density at radius 2 is 1.81 bits per heavy atom. The van der Waals surface area contributed by atoms with Crippen LogP contribution in [0.15, 0.2) is 18.2 Å². The van der Waals surface area contributed by atoms with Crippen LogP contribution < -0.4 is 0 Å². The summed E-state index contributed by atoms with van der Waals surface area (Å²) in [5, 5.41) is 12.0. The van der Waals surface area contributed by atoms with Gasteiger partial charge in [0.15, 0.2) is 5.78 Å². The second-order valence-corrected chi connectivity index (χ2v) is 8.10. The van der Waals surface area contributed by atoms with Crippen molar-refractivity contribution in [3.8, 4) is 0 Å². The van der Waals surface area contributed by atoms with Crippen molar-refractivity contribution in [1.29, 1.82) is 0 Å². The van der Waals surface area contributed by atoms with Crippen molar-refractivity contribution < 1.29 is 9.90 Å². The Morgan fingerprint density at radius 3 is 2.58 bits per heavy atom. The number of fused-ring (bicyclic) bond motifs is 3. The van der Waals surface area contributed by atoms with Gasteiger partial charge < -0.3 is 14.6 Å². The van der Waals surface area contributed by atoms with E-state index in [1.54, 1.807) is 0 Å². The Labute approximate surface area is 155 Å². The molecule has 0 spiro atoms. The minimum Gasteiger partial charge on any atom is -0.390 e. The van der Waals surface area contributed by atoms with E-state index in [9.17, 15) is 9.90 Å². The second-order valence-electron chi connectivity index (χ2n) is 8.10. The molecular weight excluding hydrogens is 324 g/mol. The lowest BCUT2D eigenvalue weighted by molar-refractivity contribution is 0.0921. The molecule has 1 atom stereocenters. The molecule has 2 heterocycles. The van der Waals surface area contributed by atoms with Gasteiger partial charge >= 0.3 is 0 Å².